The fraction of sp³-hybridized carbons (Fsp3) is 0.273. The van der Waals surface area contributed by atoms with E-state index in [1.807, 2.05) is 49.4 Å². The van der Waals surface area contributed by atoms with Crippen LogP contribution in [0.1, 0.15) is 23.7 Å². The maximum atomic E-state index is 12.7. The van der Waals surface area contributed by atoms with Crippen molar-refractivity contribution in [3.05, 3.63) is 81.8 Å². The van der Waals surface area contributed by atoms with Gasteiger partial charge in [-0.15, -0.1) is 0 Å². The van der Waals surface area contributed by atoms with E-state index in [-0.39, 0.29) is 5.56 Å². The summed E-state index contributed by atoms with van der Waals surface area (Å²) < 4.78 is 5.58. The minimum absolute atomic E-state index is 0.0355. The topological polar surface area (TPSA) is 58.2 Å². The van der Waals surface area contributed by atoms with Gasteiger partial charge in [0.25, 0.3) is 5.56 Å². The van der Waals surface area contributed by atoms with Crippen molar-refractivity contribution in [2.45, 2.75) is 26.4 Å². The molecule has 1 aliphatic rings. The Morgan fingerprint density at radius 3 is 2.81 bits per heavy atom. The van der Waals surface area contributed by atoms with Crippen molar-refractivity contribution in [2.24, 2.45) is 0 Å². The number of hydrogen-bond acceptors (Lipinski definition) is 4. The summed E-state index contributed by atoms with van der Waals surface area (Å²) in [6.07, 6.45) is 0.782. The fourth-order valence-corrected chi connectivity index (χ4v) is 3.51. The lowest BCUT2D eigenvalue weighted by molar-refractivity contribution is 0.241. The van der Waals surface area contributed by atoms with Gasteiger partial charge < -0.3 is 9.72 Å². The number of benzene rings is 2. The molecular formula is C22H23N3O2. The standard InChI is InChI=1S/C22H23N3O2/c1-2-27-18-10-6-7-16(13-18)14-25-12-11-20-19(15-25)22(26)24-21(23-20)17-8-4-3-5-9-17/h3-10,13H,2,11-12,14-15H2,1H3,(H,23,24,26). The quantitative estimate of drug-likeness (QED) is 0.757. The number of hydrogen-bond donors (Lipinski definition) is 1. The van der Waals surface area contributed by atoms with E-state index in [1.165, 1.54) is 5.56 Å². The van der Waals surface area contributed by atoms with Crippen LogP contribution in [0.25, 0.3) is 11.4 Å². The van der Waals surface area contributed by atoms with Gasteiger partial charge >= 0.3 is 0 Å². The first-order valence-corrected chi connectivity index (χ1v) is 9.34. The first-order chi connectivity index (χ1) is 13.2. The third-order valence-corrected chi connectivity index (χ3v) is 4.81. The van der Waals surface area contributed by atoms with Gasteiger partial charge in [-0.3, -0.25) is 9.69 Å². The molecular weight excluding hydrogens is 338 g/mol. The van der Waals surface area contributed by atoms with Crippen LogP contribution < -0.4 is 10.3 Å². The molecule has 0 unspecified atom stereocenters. The largest absolute Gasteiger partial charge is 0.494 e. The SMILES string of the molecule is CCOc1cccc(CN2CCc3nc(-c4ccccc4)[nH]c(=O)c3C2)c1. The van der Waals surface area contributed by atoms with Crippen LogP contribution in [-0.2, 0) is 19.5 Å². The van der Waals surface area contributed by atoms with E-state index in [0.717, 1.165) is 42.1 Å². The highest BCUT2D eigenvalue weighted by Crippen LogP contribution is 2.21. The molecule has 1 N–H and O–H groups in total. The van der Waals surface area contributed by atoms with Gasteiger partial charge in [0.15, 0.2) is 0 Å². The molecule has 2 aromatic carbocycles. The summed E-state index contributed by atoms with van der Waals surface area (Å²) in [6, 6.07) is 17.9. The zero-order chi connectivity index (χ0) is 18.6. The van der Waals surface area contributed by atoms with Crippen LogP contribution in [0.2, 0.25) is 0 Å². The third-order valence-electron chi connectivity index (χ3n) is 4.81. The maximum Gasteiger partial charge on any atom is 0.255 e. The molecule has 1 aromatic heterocycles. The van der Waals surface area contributed by atoms with Gasteiger partial charge in [-0.2, -0.15) is 0 Å². The Bertz CT molecular complexity index is 982. The molecule has 2 heterocycles. The summed E-state index contributed by atoms with van der Waals surface area (Å²) in [5.41, 5.74) is 3.78. The molecule has 3 aromatic rings. The van der Waals surface area contributed by atoms with Gasteiger partial charge in [-0.05, 0) is 24.6 Å². The summed E-state index contributed by atoms with van der Waals surface area (Å²) >= 11 is 0. The minimum Gasteiger partial charge on any atom is -0.494 e. The number of H-pyrrole nitrogens is 1. The van der Waals surface area contributed by atoms with Crippen LogP contribution in [0.3, 0.4) is 0 Å². The zero-order valence-corrected chi connectivity index (χ0v) is 15.4. The molecule has 0 bridgehead atoms. The number of aromatic nitrogens is 2. The Morgan fingerprint density at radius 1 is 1.15 bits per heavy atom. The molecule has 5 nitrogen and oxygen atoms in total. The van der Waals surface area contributed by atoms with Crippen molar-refractivity contribution >= 4 is 0 Å². The van der Waals surface area contributed by atoms with E-state index in [2.05, 4.69) is 22.0 Å². The molecule has 27 heavy (non-hydrogen) atoms. The number of ether oxygens (including phenoxy) is 1. The number of nitrogens with one attached hydrogen (secondary N) is 1. The van der Waals surface area contributed by atoms with Crippen LogP contribution in [0.15, 0.2) is 59.4 Å². The Morgan fingerprint density at radius 2 is 2.00 bits per heavy atom. The van der Waals surface area contributed by atoms with Crippen LogP contribution in [0.5, 0.6) is 5.75 Å². The van der Waals surface area contributed by atoms with E-state index in [9.17, 15) is 4.79 Å². The Labute approximate surface area is 158 Å². The summed E-state index contributed by atoms with van der Waals surface area (Å²) in [4.78, 5) is 22.6. The Balaban J connectivity index is 1.53. The zero-order valence-electron chi connectivity index (χ0n) is 15.4. The van der Waals surface area contributed by atoms with Crippen molar-refractivity contribution in [3.63, 3.8) is 0 Å². The molecule has 0 saturated carbocycles. The van der Waals surface area contributed by atoms with Crippen LogP contribution in [-0.4, -0.2) is 28.0 Å². The van der Waals surface area contributed by atoms with Crippen molar-refractivity contribution in [1.29, 1.82) is 0 Å². The van der Waals surface area contributed by atoms with E-state index in [1.54, 1.807) is 0 Å². The smallest absolute Gasteiger partial charge is 0.255 e. The second-order valence-corrected chi connectivity index (χ2v) is 6.75. The first-order valence-electron chi connectivity index (χ1n) is 9.34. The van der Waals surface area contributed by atoms with E-state index >= 15 is 0 Å². The van der Waals surface area contributed by atoms with Gasteiger partial charge in [-0.1, -0.05) is 42.5 Å². The molecule has 0 amide bonds. The molecule has 0 fully saturated rings. The van der Waals surface area contributed by atoms with Crippen molar-refractivity contribution in [1.82, 2.24) is 14.9 Å². The van der Waals surface area contributed by atoms with Gasteiger partial charge in [-0.25, -0.2) is 4.98 Å². The maximum absolute atomic E-state index is 12.7. The summed E-state index contributed by atoms with van der Waals surface area (Å²) in [5, 5.41) is 0. The average molecular weight is 361 g/mol. The minimum atomic E-state index is -0.0355. The lowest BCUT2D eigenvalue weighted by atomic mass is 10.1. The molecule has 0 saturated heterocycles. The van der Waals surface area contributed by atoms with Crippen LogP contribution in [0, 0.1) is 0 Å². The van der Waals surface area contributed by atoms with Gasteiger partial charge in [0.05, 0.1) is 17.9 Å². The molecule has 0 aliphatic carbocycles. The van der Waals surface area contributed by atoms with Crippen LogP contribution >= 0.6 is 0 Å². The molecule has 4 rings (SSSR count). The summed E-state index contributed by atoms with van der Waals surface area (Å²) in [5.74, 6) is 1.54. The number of fused-ring (bicyclic) bond motifs is 1. The third kappa shape index (κ3) is 3.93. The predicted octanol–water partition coefficient (Wildman–Crippen LogP) is 3.39. The highest BCUT2D eigenvalue weighted by atomic mass is 16.5. The second kappa shape index (κ2) is 7.76. The molecule has 0 spiro atoms. The van der Waals surface area contributed by atoms with Crippen molar-refractivity contribution < 1.29 is 4.74 Å². The predicted molar refractivity (Wildman–Crippen MR) is 106 cm³/mol. The van der Waals surface area contributed by atoms with E-state index in [4.69, 9.17) is 9.72 Å². The van der Waals surface area contributed by atoms with Crippen molar-refractivity contribution in [2.75, 3.05) is 13.2 Å². The molecule has 0 radical (unpaired) electrons. The molecule has 138 valence electrons. The highest BCUT2D eigenvalue weighted by molar-refractivity contribution is 5.54. The summed E-state index contributed by atoms with van der Waals surface area (Å²) in [6.45, 7) is 4.94. The molecule has 1 aliphatic heterocycles. The monoisotopic (exact) mass is 361 g/mol. The number of nitrogens with zero attached hydrogens (tertiary/aromatic N) is 2. The fourth-order valence-electron chi connectivity index (χ4n) is 3.51. The molecule has 0 atom stereocenters. The van der Waals surface area contributed by atoms with E-state index < -0.39 is 0 Å². The highest BCUT2D eigenvalue weighted by Gasteiger charge is 2.21. The van der Waals surface area contributed by atoms with Gasteiger partial charge in [0.2, 0.25) is 0 Å². The average Bonchev–Trinajstić information content (AvgIpc) is 2.69. The Kier molecular flexibility index (Phi) is 5.03. The first kappa shape index (κ1) is 17.5. The van der Waals surface area contributed by atoms with Crippen LogP contribution in [0.4, 0.5) is 0 Å². The number of aromatic amines is 1. The molecule has 5 heteroatoms. The second-order valence-electron chi connectivity index (χ2n) is 6.75. The van der Waals surface area contributed by atoms with Gasteiger partial charge in [0.1, 0.15) is 11.6 Å². The van der Waals surface area contributed by atoms with Crippen molar-refractivity contribution in [3.8, 4) is 17.1 Å². The number of rotatable bonds is 5. The van der Waals surface area contributed by atoms with E-state index in [0.29, 0.717) is 19.0 Å². The normalized spacial score (nSPS) is 14.0. The Hall–Kier alpha value is -2.92. The lowest BCUT2D eigenvalue weighted by Gasteiger charge is -2.27. The summed E-state index contributed by atoms with van der Waals surface area (Å²) in [7, 11) is 0. The van der Waals surface area contributed by atoms with Gasteiger partial charge in [0, 0.05) is 31.6 Å². The lowest BCUT2D eigenvalue weighted by Crippen LogP contribution is -2.35.